The van der Waals surface area contributed by atoms with Gasteiger partial charge in [-0.15, -0.1) is 0 Å². The lowest BCUT2D eigenvalue weighted by atomic mass is 10.2. The van der Waals surface area contributed by atoms with Gasteiger partial charge in [-0.2, -0.15) is 0 Å². The molecule has 0 aliphatic rings. The van der Waals surface area contributed by atoms with Crippen LogP contribution in [0.15, 0.2) is 42.5 Å². The highest BCUT2D eigenvalue weighted by molar-refractivity contribution is 6.30. The number of hydrogen-bond donors (Lipinski definition) is 2. The smallest absolute Gasteiger partial charge is 0.249 e. The normalized spacial score (nSPS) is 10.7. The summed E-state index contributed by atoms with van der Waals surface area (Å²) in [5.74, 6) is 0.221. The van der Waals surface area contributed by atoms with Gasteiger partial charge in [-0.3, -0.25) is 4.79 Å². The van der Waals surface area contributed by atoms with E-state index in [4.69, 9.17) is 17.3 Å². The minimum atomic E-state index is -0.253. The largest absolute Gasteiger partial charge is 0.397 e. The molecule has 5 heteroatoms. The van der Waals surface area contributed by atoms with Crippen molar-refractivity contribution in [2.24, 2.45) is 0 Å². The first-order chi connectivity index (χ1) is 9.54. The van der Waals surface area contributed by atoms with E-state index in [1.165, 1.54) is 6.08 Å². The standard InChI is InChI=1S/C15H14ClN3O/c1-10-13(17)7-8-14(18-10)19-15(20)9-4-11-2-5-12(16)6-3-11/h2-9H,17H2,1H3,(H,18,19,20)/b9-4+. The molecule has 0 atom stereocenters. The van der Waals surface area contributed by atoms with Gasteiger partial charge < -0.3 is 11.1 Å². The third kappa shape index (κ3) is 3.83. The molecule has 2 aromatic rings. The fraction of sp³-hybridized carbons (Fsp3) is 0.0667. The van der Waals surface area contributed by atoms with Crippen molar-refractivity contribution in [1.29, 1.82) is 0 Å². The van der Waals surface area contributed by atoms with Crippen LogP contribution in [0.2, 0.25) is 5.02 Å². The van der Waals surface area contributed by atoms with Crippen LogP contribution < -0.4 is 11.1 Å². The van der Waals surface area contributed by atoms with Crippen molar-refractivity contribution < 1.29 is 4.79 Å². The number of halogens is 1. The Hall–Kier alpha value is -2.33. The second kappa shape index (κ2) is 6.21. The van der Waals surface area contributed by atoms with E-state index in [1.54, 1.807) is 37.3 Å². The molecule has 0 spiro atoms. The van der Waals surface area contributed by atoms with Crippen LogP contribution in [-0.4, -0.2) is 10.9 Å². The maximum Gasteiger partial charge on any atom is 0.249 e. The van der Waals surface area contributed by atoms with Crippen molar-refractivity contribution in [3.63, 3.8) is 0 Å². The molecular formula is C15H14ClN3O. The number of carbonyl (C=O) groups is 1. The number of hydrogen-bond acceptors (Lipinski definition) is 3. The monoisotopic (exact) mass is 287 g/mol. The molecule has 4 nitrogen and oxygen atoms in total. The zero-order valence-corrected chi connectivity index (χ0v) is 11.7. The van der Waals surface area contributed by atoms with Crippen LogP contribution in [0.3, 0.4) is 0 Å². The number of rotatable bonds is 3. The quantitative estimate of drug-likeness (QED) is 0.851. The van der Waals surface area contributed by atoms with E-state index in [2.05, 4.69) is 10.3 Å². The van der Waals surface area contributed by atoms with Crippen LogP contribution in [0.1, 0.15) is 11.3 Å². The number of pyridine rings is 1. The van der Waals surface area contributed by atoms with Gasteiger partial charge in [0, 0.05) is 11.1 Å². The van der Waals surface area contributed by atoms with Gasteiger partial charge in [-0.25, -0.2) is 4.98 Å². The molecule has 1 amide bonds. The fourth-order valence-electron chi connectivity index (χ4n) is 1.56. The van der Waals surface area contributed by atoms with E-state index >= 15 is 0 Å². The summed E-state index contributed by atoms with van der Waals surface area (Å²) in [6.07, 6.45) is 3.15. The highest BCUT2D eigenvalue weighted by Crippen LogP contribution is 2.13. The first kappa shape index (κ1) is 14.1. The summed E-state index contributed by atoms with van der Waals surface area (Å²) in [5, 5.41) is 3.33. The van der Waals surface area contributed by atoms with Gasteiger partial charge in [-0.05, 0) is 42.8 Å². The van der Waals surface area contributed by atoms with E-state index in [0.29, 0.717) is 22.2 Å². The number of anilines is 2. The molecule has 0 aliphatic heterocycles. The molecule has 3 N–H and O–H groups in total. The first-order valence-electron chi connectivity index (χ1n) is 6.02. The first-order valence-corrected chi connectivity index (χ1v) is 6.40. The second-order valence-electron chi connectivity index (χ2n) is 4.25. The third-order valence-corrected chi connectivity index (χ3v) is 2.93. The molecule has 1 aromatic carbocycles. The van der Waals surface area contributed by atoms with Gasteiger partial charge in [0.2, 0.25) is 5.91 Å². The van der Waals surface area contributed by atoms with Crippen LogP contribution in [0.25, 0.3) is 6.08 Å². The topological polar surface area (TPSA) is 68.0 Å². The van der Waals surface area contributed by atoms with Crippen LogP contribution in [0.5, 0.6) is 0 Å². The van der Waals surface area contributed by atoms with Gasteiger partial charge in [-0.1, -0.05) is 23.7 Å². The highest BCUT2D eigenvalue weighted by Gasteiger charge is 2.01. The Morgan fingerprint density at radius 2 is 1.95 bits per heavy atom. The molecule has 0 fully saturated rings. The summed E-state index contributed by atoms with van der Waals surface area (Å²) in [6, 6.07) is 10.6. The van der Waals surface area contributed by atoms with E-state index in [0.717, 1.165) is 5.56 Å². The summed E-state index contributed by atoms with van der Waals surface area (Å²) in [7, 11) is 0. The second-order valence-corrected chi connectivity index (χ2v) is 4.68. The molecule has 20 heavy (non-hydrogen) atoms. The molecule has 0 saturated carbocycles. The van der Waals surface area contributed by atoms with Gasteiger partial charge in [0.15, 0.2) is 0 Å². The van der Waals surface area contributed by atoms with Crippen molar-refractivity contribution in [2.45, 2.75) is 6.92 Å². The summed E-state index contributed by atoms with van der Waals surface area (Å²) >= 11 is 5.79. The zero-order valence-electron chi connectivity index (χ0n) is 10.9. The minimum absolute atomic E-state index is 0.253. The van der Waals surface area contributed by atoms with Crippen LogP contribution in [0.4, 0.5) is 11.5 Å². The lowest BCUT2D eigenvalue weighted by Crippen LogP contribution is -2.10. The van der Waals surface area contributed by atoms with E-state index < -0.39 is 0 Å². The van der Waals surface area contributed by atoms with Crippen molar-refractivity contribution in [2.75, 3.05) is 11.1 Å². The molecule has 0 aliphatic carbocycles. The maximum absolute atomic E-state index is 11.8. The number of nitrogens with two attached hydrogens (primary N) is 1. The average molecular weight is 288 g/mol. The molecule has 1 heterocycles. The number of amides is 1. The molecular weight excluding hydrogens is 274 g/mol. The number of aryl methyl sites for hydroxylation is 1. The number of aromatic nitrogens is 1. The summed E-state index contributed by atoms with van der Waals surface area (Å²) in [5.41, 5.74) is 7.84. The predicted molar refractivity (Wildman–Crippen MR) is 82.5 cm³/mol. The Balaban J connectivity index is 2.01. The fourth-order valence-corrected chi connectivity index (χ4v) is 1.68. The number of nitrogens with zero attached hydrogens (tertiary/aromatic N) is 1. The lowest BCUT2D eigenvalue weighted by Gasteiger charge is -2.04. The van der Waals surface area contributed by atoms with Crippen LogP contribution in [0, 0.1) is 6.92 Å². The van der Waals surface area contributed by atoms with E-state index in [9.17, 15) is 4.79 Å². The Morgan fingerprint density at radius 3 is 2.60 bits per heavy atom. The number of nitrogens with one attached hydrogen (secondary N) is 1. The van der Waals surface area contributed by atoms with Crippen molar-refractivity contribution in [1.82, 2.24) is 4.98 Å². The van der Waals surface area contributed by atoms with Crippen molar-refractivity contribution in [3.05, 3.63) is 58.8 Å². The minimum Gasteiger partial charge on any atom is -0.397 e. The number of carbonyl (C=O) groups excluding carboxylic acids is 1. The molecule has 0 unspecified atom stereocenters. The molecule has 1 aromatic heterocycles. The Bertz CT molecular complexity index is 651. The highest BCUT2D eigenvalue weighted by atomic mass is 35.5. The SMILES string of the molecule is Cc1nc(NC(=O)/C=C/c2ccc(Cl)cc2)ccc1N. The number of nitrogen functional groups attached to an aromatic ring is 1. The van der Waals surface area contributed by atoms with Gasteiger partial charge in [0.1, 0.15) is 5.82 Å². The Morgan fingerprint density at radius 1 is 1.25 bits per heavy atom. The molecule has 0 radical (unpaired) electrons. The third-order valence-electron chi connectivity index (χ3n) is 2.68. The van der Waals surface area contributed by atoms with Crippen molar-refractivity contribution in [3.8, 4) is 0 Å². The Kier molecular flexibility index (Phi) is 4.38. The van der Waals surface area contributed by atoms with Gasteiger partial charge in [0.25, 0.3) is 0 Å². The van der Waals surface area contributed by atoms with E-state index in [1.807, 2.05) is 12.1 Å². The van der Waals surface area contributed by atoms with Gasteiger partial charge in [0.05, 0.1) is 11.4 Å². The lowest BCUT2D eigenvalue weighted by molar-refractivity contribution is -0.111. The summed E-state index contributed by atoms with van der Waals surface area (Å²) in [6.45, 7) is 1.79. The number of benzene rings is 1. The predicted octanol–water partition coefficient (Wildman–Crippen LogP) is 3.28. The van der Waals surface area contributed by atoms with Crippen molar-refractivity contribution >= 4 is 35.1 Å². The van der Waals surface area contributed by atoms with Gasteiger partial charge >= 0.3 is 0 Å². The molecule has 0 saturated heterocycles. The van der Waals surface area contributed by atoms with Crippen LogP contribution in [-0.2, 0) is 4.79 Å². The average Bonchev–Trinajstić information content (AvgIpc) is 2.42. The van der Waals surface area contributed by atoms with Crippen LogP contribution >= 0.6 is 11.6 Å². The maximum atomic E-state index is 11.8. The van der Waals surface area contributed by atoms with E-state index in [-0.39, 0.29) is 5.91 Å². The summed E-state index contributed by atoms with van der Waals surface area (Å²) < 4.78 is 0. The summed E-state index contributed by atoms with van der Waals surface area (Å²) in [4.78, 5) is 15.9. The zero-order chi connectivity index (χ0) is 14.5. The molecule has 102 valence electrons. The molecule has 0 bridgehead atoms. The Labute approximate surface area is 122 Å². The molecule has 2 rings (SSSR count).